The van der Waals surface area contributed by atoms with Gasteiger partial charge in [-0.15, -0.1) is 0 Å². The van der Waals surface area contributed by atoms with Crippen LogP contribution in [0.1, 0.15) is 22.3 Å². The number of carbonyl (C=O) groups excluding carboxylic acids is 1. The highest BCUT2D eigenvalue weighted by atomic mass is 16.5. The first kappa shape index (κ1) is 19.7. The molecule has 5 nitrogen and oxygen atoms in total. The molecule has 1 N–H and O–H groups in total. The van der Waals surface area contributed by atoms with Crippen LogP contribution in [0, 0.1) is 27.7 Å². The maximum atomic E-state index is 12.3. The second-order valence-corrected chi connectivity index (χ2v) is 7.59. The number of anilines is 1. The average Bonchev–Trinajstić information content (AvgIpc) is 3.12. The molecular formula is C25H24N2O3. The quantitative estimate of drug-likeness (QED) is 0.463. The third-order valence-electron chi connectivity index (χ3n) is 5.25. The molecule has 5 heteroatoms. The lowest BCUT2D eigenvalue weighted by atomic mass is 10.1. The molecule has 0 aliphatic heterocycles. The van der Waals surface area contributed by atoms with Gasteiger partial charge < -0.3 is 14.5 Å². The minimum Gasteiger partial charge on any atom is -0.484 e. The van der Waals surface area contributed by atoms with E-state index in [2.05, 4.69) is 17.2 Å². The molecule has 1 amide bonds. The second kappa shape index (κ2) is 8.03. The Morgan fingerprint density at radius 3 is 2.50 bits per heavy atom. The van der Waals surface area contributed by atoms with Crippen LogP contribution in [-0.2, 0) is 4.79 Å². The minimum atomic E-state index is -0.228. The number of rotatable bonds is 5. The standard InChI is InChI=1S/C25H24N2O3/c1-15-8-9-21(10-16(15)2)29-14-24(28)26-20-7-5-6-19(13-20)25-27-22-11-17(3)18(4)12-23(22)30-25/h5-13H,14H2,1-4H3,(H,26,28). The van der Waals surface area contributed by atoms with Crippen LogP contribution in [0.2, 0.25) is 0 Å². The zero-order chi connectivity index (χ0) is 21.3. The second-order valence-electron chi connectivity index (χ2n) is 7.59. The van der Waals surface area contributed by atoms with E-state index in [1.807, 2.05) is 75.4 Å². The molecule has 4 rings (SSSR count). The Morgan fingerprint density at radius 1 is 0.933 bits per heavy atom. The molecule has 0 saturated heterocycles. The lowest BCUT2D eigenvalue weighted by Crippen LogP contribution is -2.20. The predicted octanol–water partition coefficient (Wildman–Crippen LogP) is 5.75. The lowest BCUT2D eigenvalue weighted by Gasteiger charge is -2.09. The monoisotopic (exact) mass is 400 g/mol. The van der Waals surface area contributed by atoms with Crippen molar-refractivity contribution >= 4 is 22.7 Å². The number of ether oxygens (including phenoxy) is 1. The van der Waals surface area contributed by atoms with Gasteiger partial charge in [0.25, 0.3) is 5.91 Å². The number of carbonyl (C=O) groups is 1. The number of hydrogen-bond acceptors (Lipinski definition) is 4. The van der Waals surface area contributed by atoms with Crippen molar-refractivity contribution in [1.82, 2.24) is 4.98 Å². The molecule has 0 aliphatic carbocycles. The van der Waals surface area contributed by atoms with Gasteiger partial charge in [-0.1, -0.05) is 12.1 Å². The summed E-state index contributed by atoms with van der Waals surface area (Å²) in [5, 5.41) is 2.87. The fourth-order valence-electron chi connectivity index (χ4n) is 3.18. The van der Waals surface area contributed by atoms with Gasteiger partial charge in [-0.2, -0.15) is 0 Å². The summed E-state index contributed by atoms with van der Waals surface area (Å²) < 4.78 is 11.5. The van der Waals surface area contributed by atoms with Gasteiger partial charge in [-0.3, -0.25) is 4.79 Å². The summed E-state index contributed by atoms with van der Waals surface area (Å²) in [6.45, 7) is 8.10. The van der Waals surface area contributed by atoms with E-state index in [4.69, 9.17) is 9.15 Å². The molecule has 152 valence electrons. The normalized spacial score (nSPS) is 10.9. The molecule has 0 radical (unpaired) electrons. The molecule has 1 aromatic heterocycles. The Morgan fingerprint density at radius 2 is 1.70 bits per heavy atom. The number of nitrogens with one attached hydrogen (secondary N) is 1. The molecule has 30 heavy (non-hydrogen) atoms. The number of amides is 1. The van der Waals surface area contributed by atoms with Gasteiger partial charge in [0.2, 0.25) is 5.89 Å². The average molecular weight is 400 g/mol. The lowest BCUT2D eigenvalue weighted by molar-refractivity contribution is -0.118. The van der Waals surface area contributed by atoms with E-state index in [-0.39, 0.29) is 12.5 Å². The summed E-state index contributed by atoms with van der Waals surface area (Å²) in [7, 11) is 0. The van der Waals surface area contributed by atoms with E-state index < -0.39 is 0 Å². The molecule has 0 fully saturated rings. The minimum absolute atomic E-state index is 0.0613. The van der Waals surface area contributed by atoms with E-state index >= 15 is 0 Å². The summed E-state index contributed by atoms with van der Waals surface area (Å²) in [5.41, 5.74) is 7.69. The van der Waals surface area contributed by atoms with Crippen molar-refractivity contribution in [3.05, 3.63) is 76.9 Å². The zero-order valence-corrected chi connectivity index (χ0v) is 17.6. The number of aromatic nitrogens is 1. The van der Waals surface area contributed by atoms with Crippen LogP contribution in [0.3, 0.4) is 0 Å². The molecule has 0 aliphatic rings. The number of aryl methyl sites for hydroxylation is 4. The van der Waals surface area contributed by atoms with Crippen LogP contribution in [0.5, 0.6) is 5.75 Å². The highest BCUT2D eigenvalue weighted by molar-refractivity contribution is 5.92. The van der Waals surface area contributed by atoms with Crippen LogP contribution >= 0.6 is 0 Å². The van der Waals surface area contributed by atoms with Gasteiger partial charge in [0.05, 0.1) is 0 Å². The highest BCUT2D eigenvalue weighted by Gasteiger charge is 2.11. The van der Waals surface area contributed by atoms with E-state index in [1.165, 1.54) is 11.1 Å². The van der Waals surface area contributed by atoms with Crippen molar-refractivity contribution in [3.8, 4) is 17.2 Å². The summed E-state index contributed by atoms with van der Waals surface area (Å²) in [4.78, 5) is 16.9. The van der Waals surface area contributed by atoms with Crippen LogP contribution < -0.4 is 10.1 Å². The first-order chi connectivity index (χ1) is 14.4. The topological polar surface area (TPSA) is 64.4 Å². The molecule has 0 spiro atoms. The maximum Gasteiger partial charge on any atom is 0.262 e. The molecule has 3 aromatic carbocycles. The van der Waals surface area contributed by atoms with Gasteiger partial charge in [-0.05, 0) is 92.4 Å². The largest absolute Gasteiger partial charge is 0.484 e. The van der Waals surface area contributed by atoms with Crippen molar-refractivity contribution in [2.45, 2.75) is 27.7 Å². The Kier molecular flexibility index (Phi) is 5.27. The highest BCUT2D eigenvalue weighted by Crippen LogP contribution is 2.28. The van der Waals surface area contributed by atoms with Gasteiger partial charge in [0.1, 0.15) is 11.3 Å². The van der Waals surface area contributed by atoms with Crippen LogP contribution in [0.4, 0.5) is 5.69 Å². The number of benzene rings is 3. The van der Waals surface area contributed by atoms with Gasteiger partial charge in [0.15, 0.2) is 12.2 Å². The molecule has 0 unspecified atom stereocenters. The maximum absolute atomic E-state index is 12.3. The first-order valence-electron chi connectivity index (χ1n) is 9.87. The summed E-state index contributed by atoms with van der Waals surface area (Å²) in [6, 6.07) is 17.2. The first-order valence-corrected chi connectivity index (χ1v) is 9.87. The molecule has 1 heterocycles. The smallest absolute Gasteiger partial charge is 0.262 e. The Bertz CT molecular complexity index is 1200. The van der Waals surface area contributed by atoms with Crippen LogP contribution in [0.25, 0.3) is 22.6 Å². The van der Waals surface area contributed by atoms with E-state index in [0.29, 0.717) is 17.3 Å². The van der Waals surface area contributed by atoms with Crippen molar-refractivity contribution in [2.24, 2.45) is 0 Å². The van der Waals surface area contributed by atoms with E-state index in [1.54, 1.807) is 0 Å². The molecule has 0 atom stereocenters. The number of oxazole rings is 1. The van der Waals surface area contributed by atoms with Gasteiger partial charge in [-0.25, -0.2) is 4.98 Å². The van der Waals surface area contributed by atoms with Gasteiger partial charge >= 0.3 is 0 Å². The molecule has 0 saturated carbocycles. The molecule has 4 aromatic rings. The van der Waals surface area contributed by atoms with Crippen LogP contribution in [-0.4, -0.2) is 17.5 Å². The molecular weight excluding hydrogens is 376 g/mol. The summed E-state index contributed by atoms with van der Waals surface area (Å²) in [5.74, 6) is 0.978. The Hall–Kier alpha value is -3.60. The van der Waals surface area contributed by atoms with Crippen molar-refractivity contribution in [1.29, 1.82) is 0 Å². The van der Waals surface area contributed by atoms with Crippen molar-refractivity contribution in [3.63, 3.8) is 0 Å². The van der Waals surface area contributed by atoms with E-state index in [9.17, 15) is 4.79 Å². The summed E-state index contributed by atoms with van der Waals surface area (Å²) >= 11 is 0. The SMILES string of the molecule is Cc1ccc(OCC(=O)Nc2cccc(-c3nc4cc(C)c(C)cc4o3)c2)cc1C. The fraction of sp³-hybridized carbons (Fsp3) is 0.200. The third kappa shape index (κ3) is 4.20. The Labute approximate surface area is 175 Å². The summed E-state index contributed by atoms with van der Waals surface area (Å²) in [6.07, 6.45) is 0. The number of hydrogen-bond donors (Lipinski definition) is 1. The Balaban J connectivity index is 1.46. The number of nitrogens with zero attached hydrogens (tertiary/aromatic N) is 1. The third-order valence-corrected chi connectivity index (χ3v) is 5.25. The fourth-order valence-corrected chi connectivity index (χ4v) is 3.18. The zero-order valence-electron chi connectivity index (χ0n) is 17.6. The van der Waals surface area contributed by atoms with E-state index in [0.717, 1.165) is 27.8 Å². The van der Waals surface area contributed by atoms with Crippen molar-refractivity contribution < 1.29 is 13.9 Å². The molecule has 0 bridgehead atoms. The number of fused-ring (bicyclic) bond motifs is 1. The van der Waals surface area contributed by atoms with Crippen LogP contribution in [0.15, 0.2) is 59.0 Å². The predicted molar refractivity (Wildman–Crippen MR) is 119 cm³/mol. The van der Waals surface area contributed by atoms with Crippen molar-refractivity contribution in [2.75, 3.05) is 11.9 Å². The van der Waals surface area contributed by atoms with Gasteiger partial charge in [0, 0.05) is 11.3 Å².